The molecule has 0 aliphatic carbocycles. The van der Waals surface area contributed by atoms with Crippen molar-refractivity contribution in [3.05, 3.63) is 48.0 Å². The molecule has 0 N–H and O–H groups in total. The van der Waals surface area contributed by atoms with Crippen LogP contribution in [0.5, 0.6) is 0 Å². The lowest BCUT2D eigenvalue weighted by Crippen LogP contribution is -2.19. The maximum Gasteiger partial charge on any atom is 0.163 e. The van der Waals surface area contributed by atoms with Gasteiger partial charge in [-0.1, -0.05) is 0 Å². The molecular formula is C13H14N2O2. The fourth-order valence-corrected chi connectivity index (χ4v) is 1.69. The minimum absolute atomic E-state index is 0.0133. The molecule has 0 fully saturated rings. The molecule has 0 aromatic carbocycles. The van der Waals surface area contributed by atoms with Gasteiger partial charge in [0.05, 0.1) is 18.4 Å². The predicted octanol–water partition coefficient (Wildman–Crippen LogP) is 2.51. The van der Waals surface area contributed by atoms with Gasteiger partial charge in [0.25, 0.3) is 0 Å². The SMILES string of the molecule is CC(=O)c1cccnc1N(C)Cc1ccco1. The van der Waals surface area contributed by atoms with Crippen LogP contribution < -0.4 is 4.90 Å². The number of rotatable bonds is 4. The number of Topliss-reactive ketones (excluding diaryl/α,β-unsaturated/α-hetero) is 1. The first-order chi connectivity index (χ1) is 8.18. The summed E-state index contributed by atoms with van der Waals surface area (Å²) in [5, 5.41) is 0. The fourth-order valence-electron chi connectivity index (χ4n) is 1.69. The summed E-state index contributed by atoms with van der Waals surface area (Å²) in [6, 6.07) is 7.28. The molecule has 0 radical (unpaired) electrons. The zero-order valence-electron chi connectivity index (χ0n) is 9.88. The number of pyridine rings is 1. The Hall–Kier alpha value is -2.10. The molecule has 2 heterocycles. The first kappa shape index (κ1) is 11.4. The predicted molar refractivity (Wildman–Crippen MR) is 65.1 cm³/mol. The number of hydrogen-bond donors (Lipinski definition) is 0. The van der Waals surface area contributed by atoms with Gasteiger partial charge in [-0.2, -0.15) is 0 Å². The second-order valence-electron chi connectivity index (χ2n) is 3.87. The highest BCUT2D eigenvalue weighted by Crippen LogP contribution is 2.18. The first-order valence-corrected chi connectivity index (χ1v) is 5.38. The third kappa shape index (κ3) is 2.53. The molecule has 0 aliphatic heterocycles. The van der Waals surface area contributed by atoms with Gasteiger partial charge in [0.1, 0.15) is 11.6 Å². The molecule has 0 aliphatic rings. The van der Waals surface area contributed by atoms with Gasteiger partial charge in [-0.15, -0.1) is 0 Å². The van der Waals surface area contributed by atoms with Crippen molar-refractivity contribution in [3.63, 3.8) is 0 Å². The lowest BCUT2D eigenvalue weighted by Gasteiger charge is -2.18. The van der Waals surface area contributed by atoms with Crippen molar-refractivity contribution >= 4 is 11.6 Å². The van der Waals surface area contributed by atoms with E-state index in [2.05, 4.69) is 4.98 Å². The highest BCUT2D eigenvalue weighted by atomic mass is 16.3. The van der Waals surface area contributed by atoms with Crippen LogP contribution in [0.3, 0.4) is 0 Å². The van der Waals surface area contributed by atoms with Gasteiger partial charge in [0.2, 0.25) is 0 Å². The van der Waals surface area contributed by atoms with Crippen molar-refractivity contribution in [1.29, 1.82) is 0 Å². The molecule has 2 aromatic heterocycles. The Labute approximate surface area is 99.9 Å². The van der Waals surface area contributed by atoms with Crippen LogP contribution in [0.1, 0.15) is 23.0 Å². The molecule has 0 spiro atoms. The summed E-state index contributed by atoms with van der Waals surface area (Å²) in [7, 11) is 1.89. The molecule has 88 valence electrons. The van der Waals surface area contributed by atoms with Crippen LogP contribution in [-0.4, -0.2) is 17.8 Å². The van der Waals surface area contributed by atoms with Crippen LogP contribution in [0.4, 0.5) is 5.82 Å². The molecular weight excluding hydrogens is 216 g/mol. The largest absolute Gasteiger partial charge is 0.467 e. The average molecular weight is 230 g/mol. The normalized spacial score (nSPS) is 10.2. The number of carbonyl (C=O) groups excluding carboxylic acids is 1. The molecule has 0 saturated carbocycles. The standard InChI is InChI=1S/C13H14N2O2/c1-10(16)12-6-3-7-14-13(12)15(2)9-11-5-4-8-17-11/h3-8H,9H2,1-2H3. The molecule has 17 heavy (non-hydrogen) atoms. The Kier molecular flexibility index (Phi) is 3.23. The number of ketones is 1. The van der Waals surface area contributed by atoms with Crippen molar-refractivity contribution < 1.29 is 9.21 Å². The molecule has 0 unspecified atom stereocenters. The van der Waals surface area contributed by atoms with Crippen molar-refractivity contribution in [3.8, 4) is 0 Å². The van der Waals surface area contributed by atoms with Gasteiger partial charge in [0.15, 0.2) is 5.78 Å². The van der Waals surface area contributed by atoms with E-state index in [-0.39, 0.29) is 5.78 Å². The van der Waals surface area contributed by atoms with E-state index in [1.165, 1.54) is 0 Å². The third-order valence-corrected chi connectivity index (χ3v) is 2.50. The first-order valence-electron chi connectivity index (χ1n) is 5.38. The summed E-state index contributed by atoms with van der Waals surface area (Å²) in [5.41, 5.74) is 0.626. The van der Waals surface area contributed by atoms with E-state index < -0.39 is 0 Å². The smallest absolute Gasteiger partial charge is 0.163 e. The zero-order valence-corrected chi connectivity index (χ0v) is 9.88. The van der Waals surface area contributed by atoms with Crippen LogP contribution in [0, 0.1) is 0 Å². The minimum atomic E-state index is 0.0133. The minimum Gasteiger partial charge on any atom is -0.467 e. The summed E-state index contributed by atoms with van der Waals surface area (Å²) < 4.78 is 5.27. The fraction of sp³-hybridized carbons (Fsp3) is 0.231. The number of aromatic nitrogens is 1. The third-order valence-electron chi connectivity index (χ3n) is 2.50. The van der Waals surface area contributed by atoms with Crippen molar-refractivity contribution in [2.75, 3.05) is 11.9 Å². The monoisotopic (exact) mass is 230 g/mol. The van der Waals surface area contributed by atoms with Gasteiger partial charge in [-0.3, -0.25) is 4.79 Å². The van der Waals surface area contributed by atoms with Gasteiger partial charge < -0.3 is 9.32 Å². The highest BCUT2D eigenvalue weighted by molar-refractivity contribution is 5.98. The second-order valence-corrected chi connectivity index (χ2v) is 3.87. The Morgan fingerprint density at radius 1 is 1.41 bits per heavy atom. The average Bonchev–Trinajstić information content (AvgIpc) is 2.81. The number of anilines is 1. The van der Waals surface area contributed by atoms with E-state index in [1.807, 2.05) is 24.1 Å². The summed E-state index contributed by atoms with van der Waals surface area (Å²) in [6.07, 6.45) is 3.31. The van der Waals surface area contributed by atoms with Crippen molar-refractivity contribution in [2.24, 2.45) is 0 Å². The molecule has 0 amide bonds. The molecule has 0 atom stereocenters. The second kappa shape index (κ2) is 4.82. The Morgan fingerprint density at radius 2 is 2.24 bits per heavy atom. The molecule has 0 saturated heterocycles. The summed E-state index contributed by atoms with van der Waals surface area (Å²) >= 11 is 0. The zero-order chi connectivity index (χ0) is 12.3. The van der Waals surface area contributed by atoms with Crippen LogP contribution in [-0.2, 0) is 6.54 Å². The topological polar surface area (TPSA) is 46.3 Å². The van der Waals surface area contributed by atoms with Crippen molar-refractivity contribution in [2.45, 2.75) is 13.5 Å². The van der Waals surface area contributed by atoms with E-state index in [1.54, 1.807) is 31.5 Å². The maximum absolute atomic E-state index is 11.5. The number of carbonyl (C=O) groups is 1. The summed E-state index contributed by atoms with van der Waals surface area (Å²) in [4.78, 5) is 17.6. The van der Waals surface area contributed by atoms with Crippen LogP contribution >= 0.6 is 0 Å². The Balaban J connectivity index is 2.24. The lowest BCUT2D eigenvalue weighted by molar-refractivity contribution is 0.101. The number of furan rings is 1. The van der Waals surface area contributed by atoms with Crippen LogP contribution in [0.25, 0.3) is 0 Å². The number of hydrogen-bond acceptors (Lipinski definition) is 4. The van der Waals surface area contributed by atoms with Crippen molar-refractivity contribution in [1.82, 2.24) is 4.98 Å². The van der Waals surface area contributed by atoms with E-state index in [9.17, 15) is 4.79 Å². The van der Waals surface area contributed by atoms with Crippen LogP contribution in [0.2, 0.25) is 0 Å². The van der Waals surface area contributed by atoms with Crippen LogP contribution in [0.15, 0.2) is 41.1 Å². The Morgan fingerprint density at radius 3 is 2.88 bits per heavy atom. The number of nitrogens with zero attached hydrogens (tertiary/aromatic N) is 2. The highest BCUT2D eigenvalue weighted by Gasteiger charge is 2.12. The molecule has 0 bridgehead atoms. The molecule has 2 aromatic rings. The van der Waals surface area contributed by atoms with Gasteiger partial charge in [0, 0.05) is 13.2 Å². The molecule has 4 heteroatoms. The van der Waals surface area contributed by atoms with E-state index in [0.29, 0.717) is 17.9 Å². The van der Waals surface area contributed by atoms with Gasteiger partial charge in [-0.05, 0) is 31.2 Å². The maximum atomic E-state index is 11.5. The molecule has 4 nitrogen and oxygen atoms in total. The lowest BCUT2D eigenvalue weighted by atomic mass is 10.2. The van der Waals surface area contributed by atoms with Gasteiger partial charge in [-0.25, -0.2) is 4.98 Å². The summed E-state index contributed by atoms with van der Waals surface area (Å²) in [5.74, 6) is 1.53. The van der Waals surface area contributed by atoms with E-state index in [0.717, 1.165) is 5.76 Å². The van der Waals surface area contributed by atoms with E-state index >= 15 is 0 Å². The molecule has 2 rings (SSSR count). The van der Waals surface area contributed by atoms with E-state index in [4.69, 9.17) is 4.42 Å². The quantitative estimate of drug-likeness (QED) is 0.757. The Bertz CT molecular complexity index is 506. The summed E-state index contributed by atoms with van der Waals surface area (Å²) in [6.45, 7) is 2.13. The van der Waals surface area contributed by atoms with Gasteiger partial charge >= 0.3 is 0 Å².